The Balaban J connectivity index is 2.37. The molecule has 0 radical (unpaired) electrons. The number of hydrogen-bond donors (Lipinski definition) is 2. The van der Waals surface area contributed by atoms with Crippen LogP contribution in [0.2, 0.25) is 0 Å². The molecule has 5 heteroatoms. The average Bonchev–Trinajstić information content (AvgIpc) is 2.35. The second-order valence-electron chi connectivity index (χ2n) is 3.52. The van der Waals surface area contributed by atoms with Crippen LogP contribution in [0.3, 0.4) is 0 Å². The minimum Gasteiger partial charge on any atom is -0.477 e. The van der Waals surface area contributed by atoms with Gasteiger partial charge in [0.15, 0.2) is 0 Å². The molecule has 0 aliphatic carbocycles. The van der Waals surface area contributed by atoms with Crippen LogP contribution >= 0.6 is 0 Å². The van der Waals surface area contributed by atoms with Crippen LogP contribution in [0, 0.1) is 0 Å². The van der Waals surface area contributed by atoms with Gasteiger partial charge in [-0.1, -0.05) is 24.3 Å². The normalized spacial score (nSPS) is 11.5. The lowest BCUT2D eigenvalue weighted by Crippen LogP contribution is -2.10. The van der Waals surface area contributed by atoms with E-state index in [0.717, 1.165) is 10.8 Å². The smallest absolute Gasteiger partial charge is 0.351 e. The van der Waals surface area contributed by atoms with Crippen molar-refractivity contribution in [2.24, 2.45) is 5.10 Å². The molecule has 2 aromatic rings. The third-order valence-electron chi connectivity index (χ3n) is 2.32. The van der Waals surface area contributed by atoms with Crippen molar-refractivity contribution >= 4 is 28.1 Å². The minimum atomic E-state index is -1.05. The lowest BCUT2D eigenvalue weighted by atomic mass is 10.1. The molecular weight excluding hydrogens is 218 g/mol. The number of fused-ring (bicyclic) bond motifs is 1. The summed E-state index contributed by atoms with van der Waals surface area (Å²) in [6.45, 7) is 1.42. The maximum atomic E-state index is 10.6. The van der Waals surface area contributed by atoms with E-state index in [9.17, 15) is 4.79 Å². The summed E-state index contributed by atoms with van der Waals surface area (Å²) in [5, 5.41) is 14.4. The number of hydrogen-bond acceptors (Lipinski definition) is 4. The molecule has 0 saturated heterocycles. The number of rotatable bonds is 3. The molecule has 0 unspecified atom stereocenters. The standard InChI is InChI=1S/C12H11N3O2/c1-8(12(16)17)14-15-11-7-13-6-9-4-2-3-5-10(9)11/h2-7,15H,1H3,(H,16,17). The van der Waals surface area contributed by atoms with Gasteiger partial charge in [-0.3, -0.25) is 10.4 Å². The predicted octanol–water partition coefficient (Wildman–Crippen LogP) is 2.11. The summed E-state index contributed by atoms with van der Waals surface area (Å²) >= 11 is 0. The number of carbonyl (C=O) groups is 1. The number of carboxylic acids is 1. The largest absolute Gasteiger partial charge is 0.477 e. The highest BCUT2D eigenvalue weighted by molar-refractivity contribution is 6.34. The van der Waals surface area contributed by atoms with Crippen LogP contribution in [0.5, 0.6) is 0 Å². The summed E-state index contributed by atoms with van der Waals surface area (Å²) in [5.74, 6) is -1.05. The Morgan fingerprint density at radius 3 is 2.88 bits per heavy atom. The lowest BCUT2D eigenvalue weighted by molar-refractivity contribution is -0.129. The van der Waals surface area contributed by atoms with E-state index in [-0.39, 0.29) is 5.71 Å². The number of benzene rings is 1. The van der Waals surface area contributed by atoms with Gasteiger partial charge in [0.25, 0.3) is 0 Å². The van der Waals surface area contributed by atoms with Crippen LogP contribution in [-0.4, -0.2) is 21.8 Å². The van der Waals surface area contributed by atoms with Crippen molar-refractivity contribution in [3.8, 4) is 0 Å². The minimum absolute atomic E-state index is 0.00191. The van der Waals surface area contributed by atoms with Gasteiger partial charge in [0.1, 0.15) is 5.71 Å². The molecule has 0 amide bonds. The molecule has 0 spiro atoms. The van der Waals surface area contributed by atoms with Crippen molar-refractivity contribution in [2.45, 2.75) is 6.92 Å². The van der Waals surface area contributed by atoms with Crippen LogP contribution in [0.1, 0.15) is 6.92 Å². The third kappa shape index (κ3) is 2.39. The first-order valence-electron chi connectivity index (χ1n) is 5.05. The van der Waals surface area contributed by atoms with Crippen LogP contribution in [0.25, 0.3) is 10.8 Å². The Hall–Kier alpha value is -2.43. The summed E-state index contributed by atoms with van der Waals surface area (Å²) in [4.78, 5) is 14.7. The van der Waals surface area contributed by atoms with E-state index in [0.29, 0.717) is 5.69 Å². The molecule has 17 heavy (non-hydrogen) atoms. The molecule has 2 rings (SSSR count). The van der Waals surface area contributed by atoms with E-state index in [4.69, 9.17) is 5.11 Å². The van der Waals surface area contributed by atoms with Crippen molar-refractivity contribution in [1.29, 1.82) is 0 Å². The number of nitrogens with one attached hydrogen (secondary N) is 1. The monoisotopic (exact) mass is 229 g/mol. The van der Waals surface area contributed by atoms with Gasteiger partial charge < -0.3 is 5.11 Å². The molecule has 5 nitrogen and oxygen atoms in total. The van der Waals surface area contributed by atoms with Crippen molar-refractivity contribution in [1.82, 2.24) is 4.98 Å². The van der Waals surface area contributed by atoms with Crippen LogP contribution in [0.15, 0.2) is 41.8 Å². The van der Waals surface area contributed by atoms with Gasteiger partial charge >= 0.3 is 5.97 Å². The Kier molecular flexibility index (Phi) is 3.00. The number of aliphatic carboxylic acids is 1. The average molecular weight is 229 g/mol. The van der Waals surface area contributed by atoms with Crippen molar-refractivity contribution in [3.63, 3.8) is 0 Å². The maximum absolute atomic E-state index is 10.6. The van der Waals surface area contributed by atoms with Gasteiger partial charge in [-0.25, -0.2) is 4.79 Å². The fraction of sp³-hybridized carbons (Fsp3) is 0.0833. The molecule has 0 aliphatic rings. The molecule has 0 bridgehead atoms. The highest BCUT2D eigenvalue weighted by Gasteiger charge is 2.03. The fourth-order valence-electron chi connectivity index (χ4n) is 1.40. The molecule has 1 heterocycles. The van der Waals surface area contributed by atoms with E-state index in [1.807, 2.05) is 24.3 Å². The first-order chi connectivity index (χ1) is 8.18. The number of anilines is 1. The van der Waals surface area contributed by atoms with Gasteiger partial charge in [-0.15, -0.1) is 0 Å². The lowest BCUT2D eigenvalue weighted by Gasteiger charge is -2.04. The molecular formula is C12H11N3O2. The summed E-state index contributed by atoms with van der Waals surface area (Å²) in [6.07, 6.45) is 3.36. The molecule has 2 N–H and O–H groups in total. The topological polar surface area (TPSA) is 74.6 Å². The van der Waals surface area contributed by atoms with E-state index in [2.05, 4.69) is 15.5 Å². The Bertz CT molecular complexity index is 588. The molecule has 1 aromatic carbocycles. The van der Waals surface area contributed by atoms with E-state index >= 15 is 0 Å². The Labute approximate surface area is 97.8 Å². The van der Waals surface area contributed by atoms with Crippen molar-refractivity contribution < 1.29 is 9.90 Å². The van der Waals surface area contributed by atoms with E-state index < -0.39 is 5.97 Å². The van der Waals surface area contributed by atoms with Gasteiger partial charge in [0, 0.05) is 17.0 Å². The zero-order chi connectivity index (χ0) is 12.3. The molecule has 0 fully saturated rings. The zero-order valence-electron chi connectivity index (χ0n) is 9.21. The highest BCUT2D eigenvalue weighted by atomic mass is 16.4. The number of carboxylic acid groups (broad SMARTS) is 1. The summed E-state index contributed by atoms with van der Waals surface area (Å²) < 4.78 is 0. The Morgan fingerprint density at radius 2 is 2.12 bits per heavy atom. The van der Waals surface area contributed by atoms with Crippen molar-refractivity contribution in [2.75, 3.05) is 5.43 Å². The quantitative estimate of drug-likeness (QED) is 0.624. The van der Waals surface area contributed by atoms with E-state index in [1.165, 1.54) is 6.92 Å². The third-order valence-corrected chi connectivity index (χ3v) is 2.32. The molecule has 0 aliphatic heterocycles. The first-order valence-corrected chi connectivity index (χ1v) is 5.05. The second kappa shape index (κ2) is 4.61. The molecule has 86 valence electrons. The second-order valence-corrected chi connectivity index (χ2v) is 3.52. The van der Waals surface area contributed by atoms with Crippen LogP contribution < -0.4 is 5.43 Å². The predicted molar refractivity (Wildman–Crippen MR) is 66.1 cm³/mol. The molecule has 0 atom stereocenters. The summed E-state index contributed by atoms with van der Waals surface area (Å²) in [5.41, 5.74) is 3.40. The number of aromatic nitrogens is 1. The number of hydrazone groups is 1. The van der Waals surface area contributed by atoms with Crippen LogP contribution in [0.4, 0.5) is 5.69 Å². The van der Waals surface area contributed by atoms with Gasteiger partial charge in [-0.05, 0) is 6.92 Å². The Morgan fingerprint density at radius 1 is 1.35 bits per heavy atom. The van der Waals surface area contributed by atoms with Gasteiger partial charge in [0.2, 0.25) is 0 Å². The number of pyridine rings is 1. The van der Waals surface area contributed by atoms with E-state index in [1.54, 1.807) is 12.4 Å². The molecule has 0 saturated carbocycles. The van der Waals surface area contributed by atoms with Crippen LogP contribution in [-0.2, 0) is 4.79 Å². The highest BCUT2D eigenvalue weighted by Crippen LogP contribution is 2.21. The fourth-order valence-corrected chi connectivity index (χ4v) is 1.40. The number of nitrogens with zero attached hydrogens (tertiary/aromatic N) is 2. The van der Waals surface area contributed by atoms with Crippen molar-refractivity contribution in [3.05, 3.63) is 36.7 Å². The van der Waals surface area contributed by atoms with Gasteiger partial charge in [0.05, 0.1) is 11.9 Å². The van der Waals surface area contributed by atoms with Gasteiger partial charge in [-0.2, -0.15) is 5.10 Å². The molecule has 1 aromatic heterocycles. The zero-order valence-corrected chi connectivity index (χ0v) is 9.21. The maximum Gasteiger partial charge on any atom is 0.351 e. The summed E-state index contributed by atoms with van der Waals surface area (Å²) in [6, 6.07) is 7.67. The SMILES string of the molecule is CC(=NNc1cncc2ccccc12)C(=O)O. The summed E-state index contributed by atoms with van der Waals surface area (Å²) in [7, 11) is 0. The first kappa shape index (κ1) is 11.1.